The van der Waals surface area contributed by atoms with Gasteiger partial charge in [0.2, 0.25) is 5.54 Å². The summed E-state index contributed by atoms with van der Waals surface area (Å²) in [7, 11) is 0. The Labute approximate surface area is 254 Å². The van der Waals surface area contributed by atoms with Gasteiger partial charge < -0.3 is 14.6 Å². The van der Waals surface area contributed by atoms with Gasteiger partial charge in [-0.3, -0.25) is 15.0 Å². The number of rotatable bonds is 8. The molecule has 0 saturated carbocycles. The number of halogens is 5. The summed E-state index contributed by atoms with van der Waals surface area (Å²) in [5.74, 6) is 3.17. The number of unbranched alkanes of at least 4 members (excludes halogenated alkanes) is 2. The first-order valence-electron chi connectivity index (χ1n) is 13.7. The molecule has 42 heavy (non-hydrogen) atoms. The first-order chi connectivity index (χ1) is 19.0. The molecule has 238 valence electrons. The second kappa shape index (κ2) is 14.9. The topological polar surface area (TPSA) is 88.1 Å². The number of nitrogens with one attached hydrogen (secondary N) is 1. The normalized spacial score (nSPS) is 17.2. The first kappa shape index (κ1) is 37.7. The third-order valence-corrected chi connectivity index (χ3v) is 6.57. The molecular formula is C30H43BrF4N2O5. The lowest BCUT2D eigenvalue weighted by molar-refractivity contribution is -0.186. The minimum absolute atomic E-state index is 0.235. The molecule has 2 unspecified atom stereocenters. The Bertz CT molecular complexity index is 1100. The SMILES string of the molecule is CC(C)(C)OC(=O)N1CCOC1(C)C.CCCCC#CC(NC(CC(C)(C)F)C(=O)O)(c1ccc(Br)cc1)C(F)(F)F. The molecule has 1 aromatic rings. The van der Waals surface area contributed by atoms with E-state index >= 15 is 0 Å². The predicted octanol–water partition coefficient (Wildman–Crippen LogP) is 7.57. The number of carboxylic acid groups (broad SMARTS) is 1. The average molecular weight is 668 g/mol. The number of amides is 1. The third-order valence-electron chi connectivity index (χ3n) is 6.05. The van der Waals surface area contributed by atoms with E-state index < -0.39 is 47.1 Å². The zero-order valence-corrected chi connectivity index (χ0v) is 27.1. The van der Waals surface area contributed by atoms with Crippen LogP contribution >= 0.6 is 15.9 Å². The van der Waals surface area contributed by atoms with Crippen LogP contribution in [-0.2, 0) is 19.8 Å². The Kier molecular flexibility index (Phi) is 13.4. The van der Waals surface area contributed by atoms with Crippen molar-refractivity contribution in [2.45, 2.75) is 116 Å². The number of ether oxygens (including phenoxy) is 2. The minimum Gasteiger partial charge on any atom is -0.480 e. The molecule has 0 aliphatic carbocycles. The summed E-state index contributed by atoms with van der Waals surface area (Å²) in [5, 5.41) is 11.5. The van der Waals surface area contributed by atoms with Gasteiger partial charge in [0.15, 0.2) is 0 Å². The van der Waals surface area contributed by atoms with Crippen molar-refractivity contribution in [3.8, 4) is 11.8 Å². The maximum atomic E-state index is 14.3. The van der Waals surface area contributed by atoms with Crippen LogP contribution in [0.4, 0.5) is 22.4 Å². The monoisotopic (exact) mass is 666 g/mol. The van der Waals surface area contributed by atoms with E-state index in [0.29, 0.717) is 24.0 Å². The number of carbonyl (C=O) groups excluding carboxylic acids is 1. The number of benzene rings is 1. The second-order valence-corrected chi connectivity index (χ2v) is 13.0. The number of hydrogen-bond acceptors (Lipinski definition) is 5. The zero-order valence-electron chi connectivity index (χ0n) is 25.5. The summed E-state index contributed by atoms with van der Waals surface area (Å²) in [6, 6.07) is 3.49. The van der Waals surface area contributed by atoms with Gasteiger partial charge in [0.25, 0.3) is 0 Å². The molecule has 1 saturated heterocycles. The summed E-state index contributed by atoms with van der Waals surface area (Å²) < 4.78 is 68.1. The van der Waals surface area contributed by atoms with E-state index in [0.717, 1.165) is 20.3 Å². The van der Waals surface area contributed by atoms with Gasteiger partial charge in [-0.1, -0.05) is 47.3 Å². The van der Waals surface area contributed by atoms with E-state index in [2.05, 4.69) is 33.1 Å². The molecule has 0 radical (unpaired) electrons. The van der Waals surface area contributed by atoms with Gasteiger partial charge in [-0.2, -0.15) is 13.2 Å². The van der Waals surface area contributed by atoms with Crippen molar-refractivity contribution in [1.82, 2.24) is 10.2 Å². The lowest BCUT2D eigenvalue weighted by Gasteiger charge is -2.36. The summed E-state index contributed by atoms with van der Waals surface area (Å²) in [6.45, 7) is 14.6. The fourth-order valence-electron chi connectivity index (χ4n) is 3.98. The van der Waals surface area contributed by atoms with Gasteiger partial charge in [0.05, 0.1) is 13.2 Å². The van der Waals surface area contributed by atoms with E-state index in [4.69, 9.17) is 9.47 Å². The number of nitrogens with zero attached hydrogens (tertiary/aromatic N) is 1. The maximum Gasteiger partial charge on any atom is 0.422 e. The van der Waals surface area contributed by atoms with Crippen LogP contribution in [0.2, 0.25) is 0 Å². The molecule has 2 atom stereocenters. The average Bonchev–Trinajstić information content (AvgIpc) is 3.17. The highest BCUT2D eigenvalue weighted by molar-refractivity contribution is 9.10. The van der Waals surface area contributed by atoms with Crippen LogP contribution in [0.25, 0.3) is 0 Å². The Morgan fingerprint density at radius 1 is 1.14 bits per heavy atom. The molecule has 7 nitrogen and oxygen atoms in total. The Hall–Kier alpha value is -2.36. The van der Waals surface area contributed by atoms with Crippen LogP contribution in [-0.4, -0.2) is 64.4 Å². The van der Waals surface area contributed by atoms with Crippen LogP contribution in [0.3, 0.4) is 0 Å². The Morgan fingerprint density at radius 2 is 1.71 bits per heavy atom. The van der Waals surface area contributed by atoms with E-state index in [1.165, 1.54) is 24.3 Å². The standard InChI is InChI=1S/C20H24BrF4NO2.C10H19NO3/c1-4-5-6-7-12-19(20(23,24)25,14-8-10-15(21)11-9-14)26-16(17(27)28)13-18(2,3)22;1-9(2,3)14-8(12)11-6-7-13-10(11,4)5/h8-11,16,26H,4-6,13H2,1-3H3,(H,27,28);6-7H2,1-5H3. The first-order valence-corrected chi connectivity index (χ1v) is 14.5. The number of carbonyl (C=O) groups is 2. The molecular weight excluding hydrogens is 624 g/mol. The van der Waals surface area contributed by atoms with Crippen LogP contribution in [0, 0.1) is 11.8 Å². The fraction of sp³-hybridized carbons (Fsp3) is 0.667. The summed E-state index contributed by atoms with van der Waals surface area (Å²) >= 11 is 3.17. The molecule has 1 heterocycles. The maximum absolute atomic E-state index is 14.3. The highest BCUT2D eigenvalue weighted by Gasteiger charge is 2.57. The third kappa shape index (κ3) is 11.7. The van der Waals surface area contributed by atoms with Crippen LogP contribution in [0.5, 0.6) is 0 Å². The zero-order chi connectivity index (χ0) is 32.6. The fourth-order valence-corrected chi connectivity index (χ4v) is 4.24. The van der Waals surface area contributed by atoms with Crippen molar-refractivity contribution in [1.29, 1.82) is 0 Å². The van der Waals surface area contributed by atoms with E-state index in [-0.39, 0.29) is 18.1 Å². The van der Waals surface area contributed by atoms with Gasteiger partial charge in [-0.25, -0.2) is 9.18 Å². The molecule has 1 aliphatic rings. The molecule has 1 amide bonds. The van der Waals surface area contributed by atoms with Gasteiger partial charge in [-0.15, -0.1) is 5.92 Å². The molecule has 0 spiro atoms. The quantitative estimate of drug-likeness (QED) is 0.169. The van der Waals surface area contributed by atoms with Crippen molar-refractivity contribution in [2.24, 2.45) is 0 Å². The van der Waals surface area contributed by atoms with E-state index in [9.17, 15) is 32.3 Å². The molecule has 1 aliphatic heterocycles. The van der Waals surface area contributed by atoms with E-state index in [1.54, 1.807) is 4.90 Å². The van der Waals surface area contributed by atoms with Gasteiger partial charge in [-0.05, 0) is 72.6 Å². The minimum atomic E-state index is -4.94. The van der Waals surface area contributed by atoms with Crippen molar-refractivity contribution in [2.75, 3.05) is 13.2 Å². The molecule has 0 bridgehead atoms. The van der Waals surface area contributed by atoms with Crippen LogP contribution in [0.15, 0.2) is 28.7 Å². The molecule has 2 N–H and O–H groups in total. The summed E-state index contributed by atoms with van der Waals surface area (Å²) in [4.78, 5) is 24.9. The van der Waals surface area contributed by atoms with Gasteiger partial charge >= 0.3 is 18.2 Å². The van der Waals surface area contributed by atoms with Crippen LogP contribution < -0.4 is 5.32 Å². The largest absolute Gasteiger partial charge is 0.480 e. The molecule has 0 aromatic heterocycles. The van der Waals surface area contributed by atoms with Gasteiger partial charge in [0.1, 0.15) is 23.0 Å². The number of aliphatic carboxylic acids is 1. The number of carboxylic acids is 1. The molecule has 1 aromatic carbocycles. The molecule has 1 fully saturated rings. The smallest absolute Gasteiger partial charge is 0.422 e. The van der Waals surface area contributed by atoms with Gasteiger partial charge in [0, 0.05) is 17.3 Å². The van der Waals surface area contributed by atoms with Crippen LogP contribution in [0.1, 0.15) is 86.6 Å². The number of alkyl halides is 4. The lowest BCUT2D eigenvalue weighted by atomic mass is 9.87. The Morgan fingerprint density at radius 3 is 2.12 bits per heavy atom. The highest BCUT2D eigenvalue weighted by atomic mass is 79.9. The molecule has 12 heteroatoms. The highest BCUT2D eigenvalue weighted by Crippen LogP contribution is 2.40. The van der Waals surface area contributed by atoms with Crippen molar-refractivity contribution >= 4 is 28.0 Å². The second-order valence-electron chi connectivity index (χ2n) is 12.0. The summed E-state index contributed by atoms with van der Waals surface area (Å²) in [5.41, 5.74) is -6.16. The molecule has 2 rings (SSSR count). The van der Waals surface area contributed by atoms with Crippen molar-refractivity contribution in [3.63, 3.8) is 0 Å². The van der Waals surface area contributed by atoms with Crippen molar-refractivity contribution in [3.05, 3.63) is 34.3 Å². The predicted molar refractivity (Wildman–Crippen MR) is 157 cm³/mol. The Balaban J connectivity index is 0.000000525. The summed E-state index contributed by atoms with van der Waals surface area (Å²) in [6.07, 6.45) is -4.28. The number of hydrogen-bond donors (Lipinski definition) is 2. The lowest BCUT2D eigenvalue weighted by Crippen LogP contribution is -2.59. The van der Waals surface area contributed by atoms with Crippen molar-refractivity contribution < 1.29 is 41.7 Å². The van der Waals surface area contributed by atoms with E-state index in [1.807, 2.05) is 41.5 Å².